The van der Waals surface area contributed by atoms with Crippen LogP contribution in [0.5, 0.6) is 0 Å². The van der Waals surface area contributed by atoms with Crippen molar-refractivity contribution in [3.05, 3.63) is 35.9 Å². The molecule has 1 rings (SSSR count). The molecule has 3 N–H and O–H groups in total. The minimum Gasteiger partial charge on any atom is -0.394 e. The fourth-order valence-corrected chi connectivity index (χ4v) is 1.56. The van der Waals surface area contributed by atoms with E-state index in [1.54, 1.807) is 0 Å². The summed E-state index contributed by atoms with van der Waals surface area (Å²) in [7, 11) is 0. The normalized spacial score (nSPS) is 12.5. The molecule has 1 atom stereocenters. The van der Waals surface area contributed by atoms with Gasteiger partial charge in [0.25, 0.3) is 0 Å². The van der Waals surface area contributed by atoms with E-state index in [1.807, 2.05) is 44.2 Å². The molecule has 0 aliphatic rings. The van der Waals surface area contributed by atoms with Crippen LogP contribution in [0, 0.1) is 0 Å². The van der Waals surface area contributed by atoms with Crippen molar-refractivity contribution in [1.82, 2.24) is 10.6 Å². The molecule has 0 bridgehead atoms. The second kappa shape index (κ2) is 7.04. The monoisotopic (exact) mass is 236 g/mol. The van der Waals surface area contributed by atoms with Crippen LogP contribution in [-0.4, -0.2) is 30.2 Å². The summed E-state index contributed by atoms with van der Waals surface area (Å²) >= 11 is 0. The number of aliphatic hydroxyl groups excluding tert-OH is 1. The summed E-state index contributed by atoms with van der Waals surface area (Å²) in [5, 5.41) is 15.1. The Labute approximate surface area is 102 Å². The standard InChI is InChI=1S/C13H20N2O2/c1-10(2)15-13(17)8-14-12(9-16)11-6-4-3-5-7-11/h3-7,10,12,14,16H,8-9H2,1-2H3,(H,15,17). The van der Waals surface area contributed by atoms with Gasteiger partial charge in [-0.1, -0.05) is 30.3 Å². The number of benzene rings is 1. The first-order valence-electron chi connectivity index (χ1n) is 5.82. The van der Waals surface area contributed by atoms with Crippen molar-refractivity contribution in [3.63, 3.8) is 0 Å². The molecule has 0 aliphatic carbocycles. The molecule has 0 aromatic heterocycles. The SMILES string of the molecule is CC(C)NC(=O)CNC(CO)c1ccccc1. The highest BCUT2D eigenvalue weighted by Crippen LogP contribution is 2.10. The van der Waals surface area contributed by atoms with Crippen LogP contribution in [0.25, 0.3) is 0 Å². The molecule has 0 aliphatic heterocycles. The van der Waals surface area contributed by atoms with Gasteiger partial charge in [-0.2, -0.15) is 0 Å². The number of rotatable bonds is 6. The first-order valence-corrected chi connectivity index (χ1v) is 5.82. The maximum absolute atomic E-state index is 11.4. The smallest absolute Gasteiger partial charge is 0.234 e. The van der Waals surface area contributed by atoms with Crippen LogP contribution in [-0.2, 0) is 4.79 Å². The van der Waals surface area contributed by atoms with Gasteiger partial charge in [0, 0.05) is 6.04 Å². The number of nitrogens with one attached hydrogen (secondary N) is 2. The van der Waals surface area contributed by atoms with E-state index in [1.165, 1.54) is 0 Å². The summed E-state index contributed by atoms with van der Waals surface area (Å²) in [6, 6.07) is 9.52. The lowest BCUT2D eigenvalue weighted by Crippen LogP contribution is -2.39. The Morgan fingerprint density at radius 2 is 1.94 bits per heavy atom. The van der Waals surface area contributed by atoms with E-state index in [0.717, 1.165) is 5.56 Å². The lowest BCUT2D eigenvalue weighted by Gasteiger charge is -2.17. The van der Waals surface area contributed by atoms with Gasteiger partial charge in [-0.3, -0.25) is 10.1 Å². The maximum Gasteiger partial charge on any atom is 0.234 e. The first-order chi connectivity index (χ1) is 8.13. The Balaban J connectivity index is 2.46. The van der Waals surface area contributed by atoms with Crippen molar-refractivity contribution in [3.8, 4) is 0 Å². The Morgan fingerprint density at radius 3 is 2.47 bits per heavy atom. The van der Waals surface area contributed by atoms with Crippen LogP contribution in [0.2, 0.25) is 0 Å². The highest BCUT2D eigenvalue weighted by Gasteiger charge is 2.11. The molecule has 1 amide bonds. The fourth-order valence-electron chi connectivity index (χ4n) is 1.56. The minimum atomic E-state index is -0.200. The van der Waals surface area contributed by atoms with Crippen LogP contribution in [0.4, 0.5) is 0 Å². The van der Waals surface area contributed by atoms with E-state index >= 15 is 0 Å². The molecule has 0 saturated heterocycles. The first kappa shape index (κ1) is 13.7. The van der Waals surface area contributed by atoms with Gasteiger partial charge in [0.05, 0.1) is 19.2 Å². The topological polar surface area (TPSA) is 61.4 Å². The Kier molecular flexibility index (Phi) is 5.66. The summed E-state index contributed by atoms with van der Waals surface area (Å²) in [4.78, 5) is 11.4. The van der Waals surface area contributed by atoms with Gasteiger partial charge in [0.2, 0.25) is 5.91 Å². The van der Waals surface area contributed by atoms with Crippen molar-refractivity contribution in [2.75, 3.05) is 13.2 Å². The summed E-state index contributed by atoms with van der Waals surface area (Å²) in [6.45, 7) is 4.01. The highest BCUT2D eigenvalue weighted by atomic mass is 16.3. The Morgan fingerprint density at radius 1 is 1.29 bits per heavy atom. The summed E-state index contributed by atoms with van der Waals surface area (Å²) in [6.07, 6.45) is 0. The van der Waals surface area contributed by atoms with Gasteiger partial charge < -0.3 is 10.4 Å². The van der Waals surface area contributed by atoms with Crippen LogP contribution < -0.4 is 10.6 Å². The molecule has 0 spiro atoms. The largest absolute Gasteiger partial charge is 0.394 e. The Hall–Kier alpha value is -1.39. The molecule has 94 valence electrons. The van der Waals surface area contributed by atoms with Gasteiger partial charge >= 0.3 is 0 Å². The van der Waals surface area contributed by atoms with Gasteiger partial charge in [-0.25, -0.2) is 0 Å². The maximum atomic E-state index is 11.4. The lowest BCUT2D eigenvalue weighted by molar-refractivity contribution is -0.120. The number of hydrogen-bond donors (Lipinski definition) is 3. The van der Waals surface area contributed by atoms with E-state index in [-0.39, 0.29) is 31.1 Å². The number of amides is 1. The minimum absolute atomic E-state index is 0.0288. The molecule has 4 heteroatoms. The number of aliphatic hydroxyl groups is 1. The zero-order chi connectivity index (χ0) is 12.7. The van der Waals surface area contributed by atoms with Crippen molar-refractivity contribution in [2.24, 2.45) is 0 Å². The van der Waals surface area contributed by atoms with Crippen molar-refractivity contribution in [2.45, 2.75) is 25.9 Å². The van der Waals surface area contributed by atoms with Crippen molar-refractivity contribution < 1.29 is 9.90 Å². The van der Waals surface area contributed by atoms with Gasteiger partial charge in [0.15, 0.2) is 0 Å². The summed E-state index contributed by atoms with van der Waals surface area (Å²) in [5.74, 6) is -0.0608. The Bertz CT molecular complexity index is 339. The molecule has 0 radical (unpaired) electrons. The molecule has 17 heavy (non-hydrogen) atoms. The lowest BCUT2D eigenvalue weighted by atomic mass is 10.1. The average molecular weight is 236 g/mol. The fraction of sp³-hybridized carbons (Fsp3) is 0.462. The van der Waals surface area contributed by atoms with E-state index in [0.29, 0.717) is 0 Å². The molecular weight excluding hydrogens is 216 g/mol. The van der Waals surface area contributed by atoms with Gasteiger partial charge in [0.1, 0.15) is 0 Å². The van der Waals surface area contributed by atoms with Crippen LogP contribution in [0.15, 0.2) is 30.3 Å². The molecule has 0 fully saturated rings. The quantitative estimate of drug-likeness (QED) is 0.685. The highest BCUT2D eigenvalue weighted by molar-refractivity contribution is 5.78. The molecule has 1 aromatic carbocycles. The molecule has 0 heterocycles. The number of carbonyl (C=O) groups is 1. The second-order valence-corrected chi connectivity index (χ2v) is 4.25. The van der Waals surface area contributed by atoms with Crippen molar-refractivity contribution in [1.29, 1.82) is 0 Å². The molecule has 1 aromatic rings. The third kappa shape index (κ3) is 4.97. The third-order valence-corrected chi connectivity index (χ3v) is 2.34. The van der Waals surface area contributed by atoms with E-state index in [2.05, 4.69) is 10.6 Å². The molecular formula is C13H20N2O2. The van der Waals surface area contributed by atoms with Crippen LogP contribution >= 0.6 is 0 Å². The summed E-state index contributed by atoms with van der Waals surface area (Å²) in [5.41, 5.74) is 0.979. The second-order valence-electron chi connectivity index (χ2n) is 4.25. The molecule has 4 nitrogen and oxygen atoms in total. The number of carbonyl (C=O) groups excluding carboxylic acids is 1. The summed E-state index contributed by atoms with van der Waals surface area (Å²) < 4.78 is 0. The zero-order valence-electron chi connectivity index (χ0n) is 10.3. The van der Waals surface area contributed by atoms with Gasteiger partial charge in [-0.15, -0.1) is 0 Å². The molecule has 0 saturated carbocycles. The predicted molar refractivity (Wildman–Crippen MR) is 67.6 cm³/mol. The molecule has 1 unspecified atom stereocenters. The van der Waals surface area contributed by atoms with E-state index < -0.39 is 0 Å². The van der Waals surface area contributed by atoms with Crippen LogP contribution in [0.3, 0.4) is 0 Å². The van der Waals surface area contributed by atoms with Gasteiger partial charge in [-0.05, 0) is 19.4 Å². The number of hydrogen-bond acceptors (Lipinski definition) is 3. The van der Waals surface area contributed by atoms with Crippen molar-refractivity contribution >= 4 is 5.91 Å². The van der Waals surface area contributed by atoms with E-state index in [4.69, 9.17) is 0 Å². The van der Waals surface area contributed by atoms with E-state index in [9.17, 15) is 9.90 Å². The average Bonchev–Trinajstić information content (AvgIpc) is 2.30. The predicted octanol–water partition coefficient (Wildman–Crippen LogP) is 0.834. The van der Waals surface area contributed by atoms with Crippen LogP contribution in [0.1, 0.15) is 25.5 Å². The third-order valence-electron chi connectivity index (χ3n) is 2.34. The zero-order valence-corrected chi connectivity index (χ0v) is 10.3.